The second kappa shape index (κ2) is 9.31. The minimum absolute atomic E-state index is 0.0356. The molecule has 0 heterocycles. The first-order chi connectivity index (χ1) is 15.5. The molecule has 4 aromatic rings. The smallest absolute Gasteiger partial charge is 0.326 e. The number of carboxylic acid groups (broad SMARTS) is 1. The molecule has 0 saturated carbocycles. The zero-order valence-corrected chi connectivity index (χ0v) is 17.2. The molecule has 2 N–H and O–H groups in total. The van der Waals surface area contributed by atoms with E-state index in [0.29, 0.717) is 16.3 Å². The molecule has 6 nitrogen and oxygen atoms in total. The van der Waals surface area contributed by atoms with Crippen LogP contribution < -0.4 is 5.32 Å². The fourth-order valence-electron chi connectivity index (χ4n) is 3.65. The fraction of sp³-hybridized carbons (Fsp3) is 0.115. The molecule has 0 bridgehead atoms. The molecule has 0 unspecified atom stereocenters. The fourth-order valence-corrected chi connectivity index (χ4v) is 3.65. The topological polar surface area (TPSA) is 92.7 Å². The minimum Gasteiger partial charge on any atom is -0.480 e. The largest absolute Gasteiger partial charge is 0.480 e. The highest BCUT2D eigenvalue weighted by molar-refractivity contribution is 6.18. The van der Waals surface area contributed by atoms with Gasteiger partial charge in [-0.25, -0.2) is 4.79 Å². The van der Waals surface area contributed by atoms with Crippen molar-refractivity contribution in [2.24, 2.45) is 0 Å². The lowest BCUT2D eigenvalue weighted by Crippen LogP contribution is -2.42. The average molecular weight is 427 g/mol. The Hall–Kier alpha value is -4.19. The Bertz CT molecular complexity index is 1250. The number of esters is 1. The molecule has 6 heteroatoms. The van der Waals surface area contributed by atoms with Crippen molar-refractivity contribution in [2.75, 3.05) is 0 Å². The third-order valence-electron chi connectivity index (χ3n) is 5.22. The molecule has 1 atom stereocenters. The van der Waals surface area contributed by atoms with Gasteiger partial charge in [-0.3, -0.25) is 9.59 Å². The summed E-state index contributed by atoms with van der Waals surface area (Å²) in [6.45, 7) is 0.0356. The van der Waals surface area contributed by atoms with E-state index < -0.39 is 30.3 Å². The number of benzene rings is 4. The number of ether oxygens (including phenoxy) is 1. The molecule has 0 saturated heterocycles. The van der Waals surface area contributed by atoms with Gasteiger partial charge in [-0.1, -0.05) is 78.9 Å². The van der Waals surface area contributed by atoms with Crippen molar-refractivity contribution in [3.63, 3.8) is 0 Å². The van der Waals surface area contributed by atoms with E-state index in [1.54, 1.807) is 12.1 Å². The Balaban J connectivity index is 1.56. The summed E-state index contributed by atoms with van der Waals surface area (Å²) in [5.41, 5.74) is 1.17. The maximum atomic E-state index is 13.2. The van der Waals surface area contributed by atoms with Gasteiger partial charge in [0.25, 0.3) is 5.91 Å². The van der Waals surface area contributed by atoms with Crippen molar-refractivity contribution in [2.45, 2.75) is 19.1 Å². The van der Waals surface area contributed by atoms with Crippen LogP contribution in [-0.2, 0) is 20.9 Å². The van der Waals surface area contributed by atoms with E-state index in [9.17, 15) is 19.5 Å². The van der Waals surface area contributed by atoms with Crippen molar-refractivity contribution in [1.29, 1.82) is 0 Å². The van der Waals surface area contributed by atoms with E-state index in [-0.39, 0.29) is 6.61 Å². The van der Waals surface area contributed by atoms with E-state index in [1.165, 1.54) is 0 Å². The van der Waals surface area contributed by atoms with Crippen molar-refractivity contribution in [1.82, 2.24) is 5.32 Å². The second-order valence-corrected chi connectivity index (χ2v) is 7.41. The monoisotopic (exact) mass is 427 g/mol. The maximum Gasteiger partial charge on any atom is 0.326 e. The highest BCUT2D eigenvalue weighted by Crippen LogP contribution is 2.28. The van der Waals surface area contributed by atoms with Gasteiger partial charge in [-0.2, -0.15) is 0 Å². The van der Waals surface area contributed by atoms with Crippen LogP contribution in [0.1, 0.15) is 22.3 Å². The summed E-state index contributed by atoms with van der Waals surface area (Å²) in [6, 6.07) is 24.5. The van der Waals surface area contributed by atoms with E-state index in [0.717, 1.165) is 16.3 Å². The van der Waals surface area contributed by atoms with Crippen LogP contribution in [0.4, 0.5) is 0 Å². The number of carboxylic acids is 1. The lowest BCUT2D eigenvalue weighted by Gasteiger charge is -2.16. The van der Waals surface area contributed by atoms with E-state index in [2.05, 4.69) is 5.32 Å². The van der Waals surface area contributed by atoms with Crippen LogP contribution in [0, 0.1) is 0 Å². The molecule has 1 amide bonds. The molecule has 0 fully saturated rings. The maximum absolute atomic E-state index is 13.2. The molecule has 160 valence electrons. The van der Waals surface area contributed by atoms with Crippen molar-refractivity contribution >= 4 is 39.4 Å². The molecular formula is C26H21NO5. The Labute approximate surface area is 184 Å². The number of hydrogen-bond acceptors (Lipinski definition) is 4. The first-order valence-electron chi connectivity index (χ1n) is 10.2. The van der Waals surface area contributed by atoms with Gasteiger partial charge in [0, 0.05) is 0 Å². The van der Waals surface area contributed by atoms with Crippen LogP contribution in [0.15, 0.2) is 84.9 Å². The van der Waals surface area contributed by atoms with Crippen LogP contribution in [0.5, 0.6) is 0 Å². The van der Waals surface area contributed by atoms with Crippen LogP contribution in [0.2, 0.25) is 0 Å². The van der Waals surface area contributed by atoms with E-state index in [1.807, 2.05) is 72.8 Å². The van der Waals surface area contributed by atoms with Crippen molar-refractivity contribution in [3.8, 4) is 0 Å². The summed E-state index contributed by atoms with van der Waals surface area (Å²) < 4.78 is 5.18. The highest BCUT2D eigenvalue weighted by atomic mass is 16.5. The van der Waals surface area contributed by atoms with Crippen LogP contribution >= 0.6 is 0 Å². The zero-order valence-electron chi connectivity index (χ0n) is 17.2. The van der Waals surface area contributed by atoms with Crippen molar-refractivity contribution in [3.05, 3.63) is 96.1 Å². The predicted molar refractivity (Wildman–Crippen MR) is 121 cm³/mol. The Morgan fingerprint density at radius 3 is 1.97 bits per heavy atom. The molecule has 0 aromatic heterocycles. The number of fused-ring (bicyclic) bond motifs is 2. The third-order valence-corrected chi connectivity index (χ3v) is 5.22. The van der Waals surface area contributed by atoms with Gasteiger partial charge < -0.3 is 15.2 Å². The van der Waals surface area contributed by atoms with Crippen LogP contribution in [-0.4, -0.2) is 29.0 Å². The summed E-state index contributed by atoms with van der Waals surface area (Å²) in [4.78, 5) is 37.2. The van der Waals surface area contributed by atoms with Crippen LogP contribution in [0.25, 0.3) is 21.5 Å². The Morgan fingerprint density at radius 1 is 0.812 bits per heavy atom. The summed E-state index contributed by atoms with van der Waals surface area (Å²) in [5, 5.41) is 15.3. The number of nitrogens with one attached hydrogen (secondary N) is 1. The molecule has 0 aliphatic rings. The molecule has 0 radical (unpaired) electrons. The molecular weight excluding hydrogens is 406 g/mol. The average Bonchev–Trinajstić information content (AvgIpc) is 2.81. The number of carbonyl (C=O) groups is 3. The second-order valence-electron chi connectivity index (χ2n) is 7.41. The predicted octanol–water partition coefficient (Wildman–Crippen LogP) is 4.31. The number of aliphatic carboxylic acids is 1. The van der Waals surface area contributed by atoms with E-state index >= 15 is 0 Å². The van der Waals surface area contributed by atoms with Crippen LogP contribution in [0.3, 0.4) is 0 Å². The highest BCUT2D eigenvalue weighted by Gasteiger charge is 2.26. The van der Waals surface area contributed by atoms with Crippen molar-refractivity contribution < 1.29 is 24.2 Å². The minimum atomic E-state index is -1.41. The molecule has 32 heavy (non-hydrogen) atoms. The number of rotatable bonds is 7. The summed E-state index contributed by atoms with van der Waals surface area (Å²) in [7, 11) is 0. The van der Waals surface area contributed by atoms with Gasteiger partial charge in [0.1, 0.15) is 12.6 Å². The first-order valence-corrected chi connectivity index (χ1v) is 10.2. The van der Waals surface area contributed by atoms with Gasteiger partial charge in [-0.15, -0.1) is 0 Å². The van der Waals surface area contributed by atoms with Gasteiger partial charge in [0.2, 0.25) is 0 Å². The summed E-state index contributed by atoms with van der Waals surface area (Å²) in [6.07, 6.45) is -0.476. The van der Waals surface area contributed by atoms with E-state index in [4.69, 9.17) is 4.74 Å². The number of carbonyl (C=O) groups excluding carboxylic acids is 2. The van der Waals surface area contributed by atoms with Gasteiger partial charge in [0.15, 0.2) is 0 Å². The Morgan fingerprint density at radius 2 is 1.38 bits per heavy atom. The van der Waals surface area contributed by atoms with Gasteiger partial charge in [-0.05, 0) is 33.2 Å². The Kier molecular flexibility index (Phi) is 6.12. The number of amides is 1. The third kappa shape index (κ3) is 4.59. The molecule has 4 rings (SSSR count). The summed E-state index contributed by atoms with van der Waals surface area (Å²) >= 11 is 0. The standard InChI is InChI=1S/C26H21NO5/c28-23(32-16-17-8-2-1-3-9-17)15-22(26(30)31)27-25(29)24-20-12-6-4-10-18(20)14-19-11-5-7-13-21(19)24/h1-14,22H,15-16H2,(H,27,29)(H,30,31)/t22-/m0/s1. The lowest BCUT2D eigenvalue weighted by atomic mass is 9.96. The molecule has 0 spiro atoms. The molecule has 4 aromatic carbocycles. The molecule has 0 aliphatic carbocycles. The van der Waals surface area contributed by atoms with Gasteiger partial charge in [0.05, 0.1) is 12.0 Å². The quantitative estimate of drug-likeness (QED) is 0.339. The van der Waals surface area contributed by atoms with Gasteiger partial charge >= 0.3 is 11.9 Å². The first kappa shape index (κ1) is 21.1. The zero-order chi connectivity index (χ0) is 22.5. The summed E-state index contributed by atoms with van der Waals surface area (Å²) in [5.74, 6) is -2.56. The lowest BCUT2D eigenvalue weighted by molar-refractivity contribution is -0.150. The number of hydrogen-bond donors (Lipinski definition) is 2. The molecule has 0 aliphatic heterocycles. The SMILES string of the molecule is O=C(C[C@H](NC(=O)c1c2ccccc2cc2ccccc12)C(=O)O)OCc1ccccc1. The normalized spacial score (nSPS) is 11.8.